The van der Waals surface area contributed by atoms with Gasteiger partial charge >= 0.3 is 0 Å². The molecule has 2 aliphatic rings. The number of piperidine rings is 1. The van der Waals surface area contributed by atoms with Crippen molar-refractivity contribution < 1.29 is 9.63 Å². The molecule has 0 radical (unpaired) electrons. The molecule has 3 rings (SSSR count). The Labute approximate surface area is 237 Å². The van der Waals surface area contributed by atoms with Crippen LogP contribution in [0.4, 0.5) is 0 Å². The molecule has 6 nitrogen and oxygen atoms in total. The van der Waals surface area contributed by atoms with Crippen molar-refractivity contribution in [3.05, 3.63) is 33.8 Å². The lowest BCUT2D eigenvalue weighted by Crippen LogP contribution is -2.51. The van der Waals surface area contributed by atoms with Gasteiger partial charge in [-0.25, -0.2) is 0 Å². The number of amides is 1. The normalized spacial score (nSPS) is 24.4. The van der Waals surface area contributed by atoms with Gasteiger partial charge in [-0.05, 0) is 68.8 Å². The van der Waals surface area contributed by atoms with E-state index in [0.717, 1.165) is 56.8 Å². The SMILES string of the molecule is CC/C(=N\OC)[C@@H]1C2CCC(C[C@H]1c1ccc(Cl)c(Cl)c1)N2CCCN(CCS)CC(=O)NCCS. The van der Waals surface area contributed by atoms with Gasteiger partial charge in [-0.3, -0.25) is 14.6 Å². The molecule has 1 aromatic rings. The number of nitrogens with zero attached hydrogens (tertiary/aromatic N) is 3. The van der Waals surface area contributed by atoms with Crippen LogP contribution in [-0.4, -0.2) is 84.8 Å². The monoisotopic (exact) mass is 574 g/mol. The minimum absolute atomic E-state index is 0.0526. The minimum Gasteiger partial charge on any atom is -0.399 e. The number of hydrogen-bond acceptors (Lipinski definition) is 7. The first-order chi connectivity index (χ1) is 17.4. The highest BCUT2D eigenvalue weighted by atomic mass is 35.5. The van der Waals surface area contributed by atoms with E-state index in [1.165, 1.54) is 12.0 Å². The fourth-order valence-electron chi connectivity index (χ4n) is 6.02. The van der Waals surface area contributed by atoms with Gasteiger partial charge in [0.25, 0.3) is 0 Å². The Morgan fingerprint density at radius 3 is 2.69 bits per heavy atom. The number of rotatable bonds is 14. The van der Waals surface area contributed by atoms with Crippen LogP contribution in [0.5, 0.6) is 0 Å². The number of halogens is 2. The number of benzene rings is 1. The summed E-state index contributed by atoms with van der Waals surface area (Å²) in [5.74, 6) is 2.03. The van der Waals surface area contributed by atoms with Crippen molar-refractivity contribution in [2.75, 3.05) is 51.3 Å². The first-order valence-corrected chi connectivity index (χ1v) is 15.0. The van der Waals surface area contributed by atoms with Crippen LogP contribution in [0.25, 0.3) is 0 Å². The summed E-state index contributed by atoms with van der Waals surface area (Å²) in [6, 6.07) is 7.00. The molecule has 2 heterocycles. The molecule has 1 amide bonds. The van der Waals surface area contributed by atoms with Crippen LogP contribution in [0.1, 0.15) is 50.5 Å². The summed E-state index contributed by atoms with van der Waals surface area (Å²) in [5, 5.41) is 8.59. The van der Waals surface area contributed by atoms with Gasteiger partial charge in [0.1, 0.15) is 7.11 Å². The largest absolute Gasteiger partial charge is 0.399 e. The molecular weight excluding hydrogens is 535 g/mol. The molecule has 0 aromatic heterocycles. The molecule has 0 aliphatic carbocycles. The van der Waals surface area contributed by atoms with E-state index in [1.807, 2.05) is 12.1 Å². The number of carbonyl (C=O) groups excluding carboxylic acids is 1. The van der Waals surface area contributed by atoms with Crippen molar-refractivity contribution in [1.82, 2.24) is 15.1 Å². The summed E-state index contributed by atoms with van der Waals surface area (Å²) in [4.78, 5) is 22.4. The topological polar surface area (TPSA) is 57.2 Å². The van der Waals surface area contributed by atoms with Crippen molar-refractivity contribution in [3.63, 3.8) is 0 Å². The Morgan fingerprint density at radius 2 is 2.03 bits per heavy atom. The van der Waals surface area contributed by atoms with E-state index in [4.69, 9.17) is 28.0 Å². The van der Waals surface area contributed by atoms with Crippen LogP contribution in [0, 0.1) is 5.92 Å². The van der Waals surface area contributed by atoms with E-state index in [9.17, 15) is 4.79 Å². The summed E-state index contributed by atoms with van der Waals surface area (Å²) in [7, 11) is 1.63. The highest BCUT2D eigenvalue weighted by Crippen LogP contribution is 2.48. The third kappa shape index (κ3) is 7.70. The van der Waals surface area contributed by atoms with Gasteiger partial charge < -0.3 is 10.2 Å². The molecule has 2 fully saturated rings. The Balaban J connectivity index is 1.72. The lowest BCUT2D eigenvalue weighted by atomic mass is 9.73. The zero-order chi connectivity index (χ0) is 26.1. The van der Waals surface area contributed by atoms with Gasteiger partial charge in [-0.15, -0.1) is 0 Å². The molecule has 2 unspecified atom stereocenters. The van der Waals surface area contributed by atoms with Crippen molar-refractivity contribution in [1.29, 1.82) is 0 Å². The molecule has 202 valence electrons. The predicted molar refractivity (Wildman–Crippen MR) is 157 cm³/mol. The highest BCUT2D eigenvalue weighted by molar-refractivity contribution is 7.80. The molecule has 2 aliphatic heterocycles. The second-order valence-electron chi connectivity index (χ2n) is 9.62. The van der Waals surface area contributed by atoms with E-state index in [0.29, 0.717) is 46.9 Å². The molecule has 36 heavy (non-hydrogen) atoms. The summed E-state index contributed by atoms with van der Waals surface area (Å²) >= 11 is 21.2. The number of fused-ring (bicyclic) bond motifs is 2. The van der Waals surface area contributed by atoms with Gasteiger partial charge in [0, 0.05) is 42.6 Å². The van der Waals surface area contributed by atoms with Gasteiger partial charge in [-0.2, -0.15) is 25.3 Å². The summed E-state index contributed by atoms with van der Waals surface area (Å²) < 4.78 is 0. The second-order valence-corrected chi connectivity index (χ2v) is 11.3. The Morgan fingerprint density at radius 1 is 1.22 bits per heavy atom. The average Bonchev–Trinajstić information content (AvgIpc) is 3.14. The molecule has 1 N–H and O–H groups in total. The molecule has 10 heteroatoms. The number of thiol groups is 2. The summed E-state index contributed by atoms with van der Waals surface area (Å²) in [6.07, 6.45) is 5.27. The minimum atomic E-state index is 0.0526. The van der Waals surface area contributed by atoms with Crippen LogP contribution < -0.4 is 5.32 Å². The van der Waals surface area contributed by atoms with Crippen molar-refractivity contribution in [2.45, 2.75) is 57.0 Å². The maximum atomic E-state index is 12.2. The number of nitrogens with one attached hydrogen (secondary N) is 1. The fraction of sp³-hybridized carbons (Fsp3) is 0.692. The Bertz CT molecular complexity index is 892. The molecule has 1 aromatic carbocycles. The molecular formula is C26H40Cl2N4O2S2. The first kappa shape index (κ1) is 29.9. The molecule has 0 saturated carbocycles. The fourth-order valence-corrected chi connectivity index (χ4v) is 6.72. The van der Waals surface area contributed by atoms with E-state index in [-0.39, 0.29) is 11.8 Å². The zero-order valence-electron chi connectivity index (χ0n) is 21.3. The summed E-state index contributed by atoms with van der Waals surface area (Å²) in [5.41, 5.74) is 2.34. The van der Waals surface area contributed by atoms with Gasteiger partial charge in [-0.1, -0.05) is 41.3 Å². The molecule has 2 bridgehead atoms. The molecule has 2 saturated heterocycles. The summed E-state index contributed by atoms with van der Waals surface area (Å²) in [6.45, 7) is 5.83. The second kappa shape index (κ2) is 15.1. The van der Waals surface area contributed by atoms with Crippen molar-refractivity contribution >= 4 is 60.1 Å². The standard InChI is InChI=1S/C26H40Cl2N4O2S2/c1-3-23(30-34-2)26-20(18-5-7-21(27)22(28)15-18)16-19-6-8-24(26)32(19)11-4-10-31(12-14-36)17-25(33)29-9-13-35/h5,7,15,19-20,24,26,35-36H,3-4,6,8-14,16-17H2,1-2H3,(H,29,33)/b30-23+/t19?,20-,24?,26+/m0/s1. The third-order valence-corrected chi connectivity index (χ3v) is 8.66. The lowest BCUT2D eigenvalue weighted by Gasteiger charge is -2.45. The van der Waals surface area contributed by atoms with Crippen LogP contribution in [-0.2, 0) is 9.63 Å². The van der Waals surface area contributed by atoms with Crippen LogP contribution in [0.15, 0.2) is 23.4 Å². The van der Waals surface area contributed by atoms with Crippen LogP contribution in [0.2, 0.25) is 10.0 Å². The van der Waals surface area contributed by atoms with Gasteiger partial charge in [0.2, 0.25) is 5.91 Å². The van der Waals surface area contributed by atoms with Crippen molar-refractivity contribution in [3.8, 4) is 0 Å². The van der Waals surface area contributed by atoms with E-state index >= 15 is 0 Å². The molecule has 0 spiro atoms. The number of hydrogen-bond donors (Lipinski definition) is 3. The number of carbonyl (C=O) groups is 1. The van der Waals surface area contributed by atoms with Gasteiger partial charge in [0.05, 0.1) is 22.3 Å². The average molecular weight is 576 g/mol. The van der Waals surface area contributed by atoms with E-state index in [2.05, 4.69) is 58.5 Å². The molecule has 4 atom stereocenters. The highest BCUT2D eigenvalue weighted by Gasteiger charge is 2.49. The maximum Gasteiger partial charge on any atom is 0.234 e. The third-order valence-electron chi connectivity index (χ3n) is 7.50. The Hall–Kier alpha value is -0.640. The van der Waals surface area contributed by atoms with Gasteiger partial charge in [0.15, 0.2) is 0 Å². The smallest absolute Gasteiger partial charge is 0.234 e. The van der Waals surface area contributed by atoms with Crippen LogP contribution in [0.3, 0.4) is 0 Å². The van der Waals surface area contributed by atoms with E-state index < -0.39 is 0 Å². The lowest BCUT2D eigenvalue weighted by molar-refractivity contribution is -0.122. The zero-order valence-corrected chi connectivity index (χ0v) is 24.6. The van der Waals surface area contributed by atoms with Crippen LogP contribution >= 0.6 is 48.5 Å². The first-order valence-electron chi connectivity index (χ1n) is 12.9. The number of oxime groups is 1. The predicted octanol–water partition coefficient (Wildman–Crippen LogP) is 5.01. The Kier molecular flexibility index (Phi) is 12.5. The maximum absolute atomic E-state index is 12.2. The van der Waals surface area contributed by atoms with Crippen molar-refractivity contribution in [2.24, 2.45) is 11.1 Å². The van der Waals surface area contributed by atoms with E-state index in [1.54, 1.807) is 7.11 Å². The quantitative estimate of drug-likeness (QED) is 0.166.